The Morgan fingerprint density at radius 1 is 1.04 bits per heavy atom. The first kappa shape index (κ1) is 18.4. The van der Waals surface area contributed by atoms with Crippen molar-refractivity contribution in [2.45, 2.75) is 26.5 Å². The molecule has 6 nitrogen and oxygen atoms in total. The maximum atomic E-state index is 12.4. The maximum absolute atomic E-state index is 12.4. The lowest BCUT2D eigenvalue weighted by Crippen LogP contribution is -2.12. The smallest absolute Gasteiger partial charge is 0.257 e. The third kappa shape index (κ3) is 5.54. The number of carbonyl (C=O) groups is 1. The minimum Gasteiger partial charge on any atom is -0.491 e. The monoisotopic (exact) mass is 362 g/mol. The van der Waals surface area contributed by atoms with Crippen LogP contribution in [0.2, 0.25) is 0 Å². The number of hydrogen-bond donors (Lipinski definition) is 2. The van der Waals surface area contributed by atoms with Crippen molar-refractivity contribution in [3.8, 4) is 5.75 Å². The van der Waals surface area contributed by atoms with Crippen LogP contribution < -0.4 is 15.4 Å². The third-order valence-electron chi connectivity index (χ3n) is 3.73. The van der Waals surface area contributed by atoms with E-state index < -0.39 is 0 Å². The second-order valence-corrected chi connectivity index (χ2v) is 6.29. The van der Waals surface area contributed by atoms with Crippen molar-refractivity contribution in [2.24, 2.45) is 0 Å². The zero-order valence-electron chi connectivity index (χ0n) is 15.3. The van der Waals surface area contributed by atoms with Crippen molar-refractivity contribution < 1.29 is 9.53 Å². The Bertz CT molecular complexity index is 863. The van der Waals surface area contributed by atoms with Crippen molar-refractivity contribution in [1.29, 1.82) is 0 Å². The number of nitrogens with one attached hydrogen (secondary N) is 2. The predicted octanol–water partition coefficient (Wildman–Crippen LogP) is 4.13. The second kappa shape index (κ2) is 8.80. The molecule has 0 saturated heterocycles. The largest absolute Gasteiger partial charge is 0.491 e. The van der Waals surface area contributed by atoms with Crippen molar-refractivity contribution in [3.05, 3.63) is 78.2 Å². The molecule has 2 heterocycles. The topological polar surface area (TPSA) is 76.1 Å². The van der Waals surface area contributed by atoms with E-state index in [2.05, 4.69) is 20.6 Å². The summed E-state index contributed by atoms with van der Waals surface area (Å²) in [7, 11) is 0. The number of rotatable bonds is 7. The Morgan fingerprint density at radius 3 is 2.41 bits per heavy atom. The van der Waals surface area contributed by atoms with Crippen LogP contribution in [0.5, 0.6) is 5.75 Å². The molecule has 0 fully saturated rings. The standard InChI is InChI=1S/C21H22N4O2/c1-15(2)27-19-6-4-18(5-7-19)25-21(26)17-3-8-20(24-14-17)23-13-16-9-11-22-12-10-16/h3-12,14-15H,13H2,1-2H3,(H,23,24)(H,25,26). The molecule has 2 N–H and O–H groups in total. The summed E-state index contributed by atoms with van der Waals surface area (Å²) in [6.45, 7) is 4.59. The zero-order valence-corrected chi connectivity index (χ0v) is 15.3. The van der Waals surface area contributed by atoms with Crippen LogP contribution in [0, 0.1) is 0 Å². The van der Waals surface area contributed by atoms with Crippen LogP contribution in [0.4, 0.5) is 11.5 Å². The van der Waals surface area contributed by atoms with Gasteiger partial charge in [-0.2, -0.15) is 0 Å². The summed E-state index contributed by atoms with van der Waals surface area (Å²) in [6, 6.07) is 14.7. The second-order valence-electron chi connectivity index (χ2n) is 6.29. The molecule has 0 spiro atoms. The number of ether oxygens (including phenoxy) is 1. The summed E-state index contributed by atoms with van der Waals surface area (Å²) in [5.74, 6) is 1.27. The van der Waals surface area contributed by atoms with Crippen molar-refractivity contribution >= 4 is 17.4 Å². The summed E-state index contributed by atoms with van der Waals surface area (Å²) < 4.78 is 5.59. The fraction of sp³-hybridized carbons (Fsp3) is 0.190. The first-order valence-electron chi connectivity index (χ1n) is 8.77. The SMILES string of the molecule is CC(C)Oc1ccc(NC(=O)c2ccc(NCc3ccncc3)nc2)cc1. The molecule has 0 radical (unpaired) electrons. The lowest BCUT2D eigenvalue weighted by Gasteiger charge is -2.11. The molecular formula is C21H22N4O2. The number of benzene rings is 1. The third-order valence-corrected chi connectivity index (χ3v) is 3.73. The van der Waals surface area contributed by atoms with Crippen LogP contribution >= 0.6 is 0 Å². The summed E-state index contributed by atoms with van der Waals surface area (Å²) in [5, 5.41) is 6.07. The Hall–Kier alpha value is -3.41. The van der Waals surface area contributed by atoms with Gasteiger partial charge in [0.25, 0.3) is 5.91 Å². The van der Waals surface area contributed by atoms with E-state index in [0.717, 1.165) is 11.3 Å². The highest BCUT2D eigenvalue weighted by Crippen LogP contribution is 2.18. The van der Waals surface area contributed by atoms with E-state index in [9.17, 15) is 4.79 Å². The molecule has 3 rings (SSSR count). The van der Waals surface area contributed by atoms with Gasteiger partial charge in [0, 0.05) is 30.8 Å². The molecule has 27 heavy (non-hydrogen) atoms. The van der Waals surface area contributed by atoms with Gasteiger partial charge in [-0.1, -0.05) is 0 Å². The molecule has 0 aliphatic rings. The Labute approximate surface area is 158 Å². The molecule has 0 bridgehead atoms. The van der Waals surface area contributed by atoms with E-state index in [1.165, 1.54) is 0 Å². The fourth-order valence-electron chi connectivity index (χ4n) is 2.42. The Kier molecular flexibility index (Phi) is 5.99. The van der Waals surface area contributed by atoms with Crippen molar-refractivity contribution in [3.63, 3.8) is 0 Å². The van der Waals surface area contributed by atoms with Crippen LogP contribution in [0.1, 0.15) is 29.8 Å². The first-order chi connectivity index (χ1) is 13.1. The molecule has 1 amide bonds. The lowest BCUT2D eigenvalue weighted by molar-refractivity contribution is 0.102. The highest BCUT2D eigenvalue weighted by molar-refractivity contribution is 6.04. The van der Waals surface area contributed by atoms with Gasteiger partial charge in [0.05, 0.1) is 11.7 Å². The van der Waals surface area contributed by atoms with Gasteiger partial charge in [-0.25, -0.2) is 4.98 Å². The molecule has 6 heteroatoms. The van der Waals surface area contributed by atoms with Crippen LogP contribution in [-0.4, -0.2) is 22.0 Å². The maximum Gasteiger partial charge on any atom is 0.257 e. The van der Waals surface area contributed by atoms with Gasteiger partial charge in [-0.05, 0) is 67.9 Å². The number of nitrogens with zero attached hydrogens (tertiary/aromatic N) is 2. The number of hydrogen-bond acceptors (Lipinski definition) is 5. The van der Waals surface area contributed by atoms with Crippen LogP contribution in [0.25, 0.3) is 0 Å². The normalized spacial score (nSPS) is 10.5. The zero-order chi connectivity index (χ0) is 19.1. The molecule has 2 aromatic heterocycles. The van der Waals surface area contributed by atoms with Crippen LogP contribution in [-0.2, 0) is 6.54 Å². The van der Waals surface area contributed by atoms with E-state index in [4.69, 9.17) is 4.74 Å². The first-order valence-corrected chi connectivity index (χ1v) is 8.77. The summed E-state index contributed by atoms with van der Waals surface area (Å²) in [6.07, 6.45) is 5.17. The average Bonchev–Trinajstić information content (AvgIpc) is 2.69. The Balaban J connectivity index is 1.55. The number of anilines is 2. The van der Waals surface area contributed by atoms with E-state index in [0.29, 0.717) is 23.6 Å². The van der Waals surface area contributed by atoms with Crippen LogP contribution in [0.15, 0.2) is 67.1 Å². The minimum atomic E-state index is -0.208. The van der Waals surface area contributed by atoms with Gasteiger partial charge in [-0.15, -0.1) is 0 Å². The number of carbonyl (C=O) groups excluding carboxylic acids is 1. The van der Waals surface area contributed by atoms with E-state index in [1.807, 2.05) is 50.2 Å². The van der Waals surface area contributed by atoms with Gasteiger partial charge >= 0.3 is 0 Å². The van der Waals surface area contributed by atoms with E-state index in [-0.39, 0.29) is 12.0 Å². The molecule has 0 unspecified atom stereocenters. The predicted molar refractivity (Wildman–Crippen MR) is 106 cm³/mol. The van der Waals surface area contributed by atoms with E-state index >= 15 is 0 Å². The number of amides is 1. The number of aromatic nitrogens is 2. The molecule has 1 aromatic carbocycles. The van der Waals surface area contributed by atoms with Gasteiger partial charge in [-0.3, -0.25) is 9.78 Å². The van der Waals surface area contributed by atoms with E-state index in [1.54, 1.807) is 30.7 Å². The molecule has 3 aromatic rings. The van der Waals surface area contributed by atoms with Crippen LogP contribution in [0.3, 0.4) is 0 Å². The van der Waals surface area contributed by atoms with Crippen molar-refractivity contribution in [2.75, 3.05) is 10.6 Å². The molecule has 0 aliphatic carbocycles. The van der Waals surface area contributed by atoms with Gasteiger partial charge in [0.2, 0.25) is 0 Å². The van der Waals surface area contributed by atoms with Gasteiger partial charge in [0.1, 0.15) is 11.6 Å². The molecule has 138 valence electrons. The van der Waals surface area contributed by atoms with Gasteiger partial charge in [0.15, 0.2) is 0 Å². The summed E-state index contributed by atoms with van der Waals surface area (Å²) >= 11 is 0. The molecule has 0 aliphatic heterocycles. The minimum absolute atomic E-state index is 0.113. The molecule has 0 atom stereocenters. The molecule has 0 saturated carbocycles. The van der Waals surface area contributed by atoms with Crippen molar-refractivity contribution in [1.82, 2.24) is 9.97 Å². The quantitative estimate of drug-likeness (QED) is 0.661. The highest BCUT2D eigenvalue weighted by Gasteiger charge is 2.07. The summed E-state index contributed by atoms with van der Waals surface area (Å²) in [5.41, 5.74) is 2.31. The summed E-state index contributed by atoms with van der Waals surface area (Å²) in [4.78, 5) is 20.6. The lowest BCUT2D eigenvalue weighted by atomic mass is 10.2. The Morgan fingerprint density at radius 2 is 1.78 bits per heavy atom. The number of pyridine rings is 2. The van der Waals surface area contributed by atoms with Gasteiger partial charge < -0.3 is 15.4 Å². The highest BCUT2D eigenvalue weighted by atomic mass is 16.5. The average molecular weight is 362 g/mol. The molecular weight excluding hydrogens is 340 g/mol. The fourth-order valence-corrected chi connectivity index (χ4v) is 2.42.